The van der Waals surface area contributed by atoms with E-state index in [2.05, 4.69) is 29.5 Å². The number of carbonyl (C=O) groups excluding carboxylic acids is 1. The van der Waals surface area contributed by atoms with Gasteiger partial charge in [-0.1, -0.05) is 13.8 Å². The molecule has 0 aliphatic rings. The highest BCUT2D eigenvalue weighted by atomic mass is 16.5. The van der Waals surface area contributed by atoms with E-state index in [0.29, 0.717) is 6.54 Å². The molecule has 1 aromatic heterocycles. The van der Waals surface area contributed by atoms with E-state index >= 15 is 0 Å². The molecule has 0 aliphatic carbocycles. The zero-order valence-electron chi connectivity index (χ0n) is 12.9. The van der Waals surface area contributed by atoms with Crippen LogP contribution in [0.5, 0.6) is 0 Å². The summed E-state index contributed by atoms with van der Waals surface area (Å²) in [5.41, 5.74) is 1.00. The van der Waals surface area contributed by atoms with Crippen LogP contribution in [0.4, 0.5) is 4.79 Å². The maximum atomic E-state index is 11.9. The van der Waals surface area contributed by atoms with Crippen molar-refractivity contribution >= 4 is 6.03 Å². The number of nitrogens with one attached hydrogen (secondary N) is 2. The number of nitrogens with zero attached hydrogens (tertiary/aromatic N) is 1. The molecule has 2 N–H and O–H groups in total. The van der Waals surface area contributed by atoms with E-state index in [1.54, 1.807) is 19.5 Å². The molecule has 1 aromatic rings. The number of rotatable bonds is 6. The summed E-state index contributed by atoms with van der Waals surface area (Å²) >= 11 is 0. The Kier molecular flexibility index (Phi) is 5.95. The lowest BCUT2D eigenvalue weighted by molar-refractivity contribution is 0.0911. The van der Waals surface area contributed by atoms with Gasteiger partial charge in [-0.2, -0.15) is 0 Å². The van der Waals surface area contributed by atoms with E-state index in [1.807, 2.05) is 26.0 Å². The van der Waals surface area contributed by atoms with Crippen LogP contribution in [0.3, 0.4) is 0 Å². The minimum absolute atomic E-state index is 0.0195. The lowest BCUT2D eigenvalue weighted by Crippen LogP contribution is -2.48. The zero-order chi connectivity index (χ0) is 15.2. The summed E-state index contributed by atoms with van der Waals surface area (Å²) in [6, 6.07) is 3.72. The summed E-state index contributed by atoms with van der Waals surface area (Å²) in [5.74, 6) is 0. The van der Waals surface area contributed by atoms with Crippen LogP contribution in [-0.4, -0.2) is 36.8 Å². The van der Waals surface area contributed by atoms with E-state index in [9.17, 15) is 4.79 Å². The molecular weight excluding hydrogens is 254 g/mol. The molecular formula is C15H25N3O2. The van der Waals surface area contributed by atoms with Crippen molar-refractivity contribution in [2.45, 2.75) is 45.3 Å². The molecule has 0 aromatic carbocycles. The molecule has 0 saturated carbocycles. The highest BCUT2D eigenvalue weighted by Gasteiger charge is 2.22. The second-order valence-corrected chi connectivity index (χ2v) is 5.68. The van der Waals surface area contributed by atoms with Gasteiger partial charge in [0.2, 0.25) is 0 Å². The maximum absolute atomic E-state index is 11.9. The van der Waals surface area contributed by atoms with Crippen molar-refractivity contribution in [3.05, 3.63) is 30.1 Å². The Balaban J connectivity index is 2.48. The first-order valence-electron chi connectivity index (χ1n) is 6.84. The maximum Gasteiger partial charge on any atom is 0.315 e. The van der Waals surface area contributed by atoms with Crippen LogP contribution in [0.1, 0.15) is 33.3 Å². The van der Waals surface area contributed by atoms with Crippen molar-refractivity contribution in [2.24, 2.45) is 0 Å². The van der Waals surface area contributed by atoms with E-state index in [0.717, 1.165) is 5.56 Å². The number of pyridine rings is 1. The van der Waals surface area contributed by atoms with Crippen LogP contribution in [0.15, 0.2) is 24.5 Å². The van der Waals surface area contributed by atoms with Crippen molar-refractivity contribution < 1.29 is 9.53 Å². The summed E-state index contributed by atoms with van der Waals surface area (Å²) in [7, 11) is 1.63. The summed E-state index contributed by atoms with van der Waals surface area (Å²) in [5, 5.41) is 5.77. The van der Waals surface area contributed by atoms with Crippen LogP contribution in [0, 0.1) is 0 Å². The number of carbonyl (C=O) groups is 1. The fraction of sp³-hybridized carbons (Fsp3) is 0.600. The summed E-state index contributed by atoms with van der Waals surface area (Å²) in [6.45, 7) is 8.57. The standard InChI is InChI=1S/C15H25N3O2/c1-11(12(2)20-5)18-14(19)17-10-15(3,4)13-6-8-16-9-7-13/h6-9,11-12H,10H2,1-5H3,(H2,17,18,19)/t11-,12?/m0/s1. The Labute approximate surface area is 121 Å². The largest absolute Gasteiger partial charge is 0.380 e. The van der Waals surface area contributed by atoms with Gasteiger partial charge in [0.1, 0.15) is 0 Å². The van der Waals surface area contributed by atoms with E-state index in [4.69, 9.17) is 4.74 Å². The Hall–Kier alpha value is -1.62. The Morgan fingerprint density at radius 3 is 2.50 bits per heavy atom. The summed E-state index contributed by atoms with van der Waals surface area (Å²) in [4.78, 5) is 15.9. The third kappa shape index (κ3) is 4.81. The number of methoxy groups -OCH3 is 1. The molecule has 5 heteroatoms. The monoisotopic (exact) mass is 279 g/mol. The van der Waals surface area contributed by atoms with Crippen LogP contribution in [-0.2, 0) is 10.2 Å². The SMILES string of the molecule is COC(C)[C@H](C)NC(=O)NCC(C)(C)c1ccncc1. The zero-order valence-corrected chi connectivity index (χ0v) is 12.9. The first-order valence-corrected chi connectivity index (χ1v) is 6.84. The van der Waals surface area contributed by atoms with Crippen LogP contribution in [0.25, 0.3) is 0 Å². The predicted molar refractivity (Wildman–Crippen MR) is 79.7 cm³/mol. The first-order chi connectivity index (χ1) is 9.36. The highest BCUT2D eigenvalue weighted by molar-refractivity contribution is 5.74. The lowest BCUT2D eigenvalue weighted by atomic mass is 9.85. The molecule has 1 unspecified atom stereocenters. The van der Waals surface area contributed by atoms with Gasteiger partial charge in [-0.05, 0) is 31.5 Å². The molecule has 0 saturated heterocycles. The van der Waals surface area contributed by atoms with Crippen LogP contribution >= 0.6 is 0 Å². The second-order valence-electron chi connectivity index (χ2n) is 5.68. The molecule has 5 nitrogen and oxygen atoms in total. The van der Waals surface area contributed by atoms with Gasteiger partial charge in [0.05, 0.1) is 12.1 Å². The smallest absolute Gasteiger partial charge is 0.315 e. The van der Waals surface area contributed by atoms with Crippen molar-refractivity contribution in [3.63, 3.8) is 0 Å². The molecule has 1 heterocycles. The Morgan fingerprint density at radius 1 is 1.35 bits per heavy atom. The normalized spacial score (nSPS) is 14.4. The minimum atomic E-state index is -0.177. The lowest BCUT2D eigenvalue weighted by Gasteiger charge is -2.26. The van der Waals surface area contributed by atoms with Crippen molar-refractivity contribution in [1.29, 1.82) is 0 Å². The van der Waals surface area contributed by atoms with Gasteiger partial charge in [0.15, 0.2) is 0 Å². The van der Waals surface area contributed by atoms with Gasteiger partial charge in [-0.15, -0.1) is 0 Å². The molecule has 0 aliphatic heterocycles. The summed E-state index contributed by atoms with van der Waals surface area (Å²) < 4.78 is 5.18. The number of urea groups is 1. The highest BCUT2D eigenvalue weighted by Crippen LogP contribution is 2.20. The number of ether oxygens (including phenoxy) is 1. The van der Waals surface area contributed by atoms with Crippen molar-refractivity contribution in [3.8, 4) is 0 Å². The van der Waals surface area contributed by atoms with Crippen molar-refractivity contribution in [1.82, 2.24) is 15.6 Å². The predicted octanol–water partition coefficient (Wildman–Crippen LogP) is 2.08. The molecule has 2 atom stereocenters. The molecule has 20 heavy (non-hydrogen) atoms. The van der Waals surface area contributed by atoms with E-state index in [-0.39, 0.29) is 23.6 Å². The van der Waals surface area contributed by atoms with Gasteiger partial charge >= 0.3 is 6.03 Å². The van der Waals surface area contributed by atoms with Crippen LogP contribution in [0.2, 0.25) is 0 Å². The third-order valence-electron chi connectivity index (χ3n) is 3.59. The molecule has 0 fully saturated rings. The molecule has 2 amide bonds. The molecule has 0 spiro atoms. The molecule has 0 bridgehead atoms. The van der Waals surface area contributed by atoms with Gasteiger partial charge in [-0.25, -0.2) is 4.79 Å². The van der Waals surface area contributed by atoms with Gasteiger partial charge < -0.3 is 15.4 Å². The Bertz CT molecular complexity index is 420. The number of hydrogen-bond acceptors (Lipinski definition) is 3. The van der Waals surface area contributed by atoms with E-state index in [1.165, 1.54) is 0 Å². The topological polar surface area (TPSA) is 63.2 Å². The molecule has 0 radical (unpaired) electrons. The van der Waals surface area contributed by atoms with Crippen molar-refractivity contribution in [2.75, 3.05) is 13.7 Å². The minimum Gasteiger partial charge on any atom is -0.380 e. The third-order valence-corrected chi connectivity index (χ3v) is 3.59. The second kappa shape index (κ2) is 7.24. The fourth-order valence-corrected chi connectivity index (χ4v) is 1.79. The van der Waals surface area contributed by atoms with Gasteiger partial charge in [0, 0.05) is 31.5 Å². The molecule has 1 rings (SSSR count). The Morgan fingerprint density at radius 2 is 1.95 bits per heavy atom. The van der Waals surface area contributed by atoms with E-state index < -0.39 is 0 Å². The fourth-order valence-electron chi connectivity index (χ4n) is 1.79. The number of hydrogen-bond donors (Lipinski definition) is 2. The average molecular weight is 279 g/mol. The first kappa shape index (κ1) is 16.4. The quantitative estimate of drug-likeness (QED) is 0.838. The van der Waals surface area contributed by atoms with Gasteiger partial charge in [-0.3, -0.25) is 4.98 Å². The average Bonchev–Trinajstić information content (AvgIpc) is 2.45. The van der Waals surface area contributed by atoms with Gasteiger partial charge in [0.25, 0.3) is 0 Å². The number of aromatic nitrogens is 1. The number of amides is 2. The summed E-state index contributed by atoms with van der Waals surface area (Å²) in [6.07, 6.45) is 3.51. The van der Waals surface area contributed by atoms with Crippen LogP contribution < -0.4 is 10.6 Å². The molecule has 112 valence electrons.